The summed E-state index contributed by atoms with van der Waals surface area (Å²) in [6.45, 7) is 8.11. The Bertz CT molecular complexity index is 1140. The lowest BCUT2D eigenvalue weighted by atomic mass is 10.2. The van der Waals surface area contributed by atoms with E-state index in [4.69, 9.17) is 9.72 Å². The summed E-state index contributed by atoms with van der Waals surface area (Å²) in [4.78, 5) is 30.8. The van der Waals surface area contributed by atoms with E-state index < -0.39 is 0 Å². The monoisotopic (exact) mass is 425 g/mol. The van der Waals surface area contributed by atoms with Crippen LogP contribution in [0.3, 0.4) is 0 Å². The molecule has 1 fully saturated rings. The SMILES string of the molecule is CCn1c(C)cc(C(=O)CSc2nc3ccccc3c(=O)n2CC2CCCO2)c1C. The molecular formula is C23H27N3O3S. The highest BCUT2D eigenvalue weighted by atomic mass is 32.2. The van der Waals surface area contributed by atoms with E-state index in [2.05, 4.69) is 11.5 Å². The van der Waals surface area contributed by atoms with Crippen molar-refractivity contribution < 1.29 is 9.53 Å². The van der Waals surface area contributed by atoms with E-state index >= 15 is 0 Å². The van der Waals surface area contributed by atoms with Gasteiger partial charge in [-0.3, -0.25) is 14.2 Å². The van der Waals surface area contributed by atoms with E-state index in [0.717, 1.165) is 42.9 Å². The van der Waals surface area contributed by atoms with Gasteiger partial charge in [-0.25, -0.2) is 4.98 Å². The lowest BCUT2D eigenvalue weighted by molar-refractivity contribution is 0.0937. The quantitative estimate of drug-likeness (QED) is 0.325. The number of benzene rings is 1. The van der Waals surface area contributed by atoms with E-state index in [1.54, 1.807) is 10.6 Å². The van der Waals surface area contributed by atoms with Crippen LogP contribution in [0, 0.1) is 13.8 Å². The minimum Gasteiger partial charge on any atom is -0.376 e. The lowest BCUT2D eigenvalue weighted by Gasteiger charge is -2.16. The average molecular weight is 426 g/mol. The average Bonchev–Trinajstić information content (AvgIpc) is 3.36. The number of hydrogen-bond donors (Lipinski definition) is 0. The standard InChI is InChI=1S/C23H27N3O3S/c1-4-25-15(2)12-19(16(25)3)21(27)14-30-23-24-20-10-6-5-9-18(20)22(28)26(23)13-17-8-7-11-29-17/h5-6,9-10,12,17H,4,7-8,11,13-14H2,1-3H3. The Morgan fingerprint density at radius 1 is 1.27 bits per heavy atom. The first-order chi connectivity index (χ1) is 14.5. The first-order valence-corrected chi connectivity index (χ1v) is 11.4. The number of para-hydroxylation sites is 1. The van der Waals surface area contributed by atoms with Crippen molar-refractivity contribution in [2.75, 3.05) is 12.4 Å². The van der Waals surface area contributed by atoms with Gasteiger partial charge in [0.05, 0.1) is 29.3 Å². The fourth-order valence-electron chi connectivity index (χ4n) is 4.19. The van der Waals surface area contributed by atoms with Gasteiger partial charge in [-0.15, -0.1) is 0 Å². The second kappa shape index (κ2) is 8.78. The van der Waals surface area contributed by atoms with Gasteiger partial charge in [0.15, 0.2) is 10.9 Å². The Balaban J connectivity index is 1.64. The number of Topliss-reactive ketones (excluding diaryl/α,β-unsaturated/α-hetero) is 1. The number of fused-ring (bicyclic) bond motifs is 1. The molecule has 1 aliphatic heterocycles. The van der Waals surface area contributed by atoms with Crippen LogP contribution in [0.25, 0.3) is 10.9 Å². The second-order valence-corrected chi connectivity index (χ2v) is 8.65. The largest absolute Gasteiger partial charge is 0.376 e. The van der Waals surface area contributed by atoms with Crippen LogP contribution < -0.4 is 5.56 Å². The van der Waals surface area contributed by atoms with Gasteiger partial charge in [-0.05, 0) is 51.8 Å². The van der Waals surface area contributed by atoms with Crippen LogP contribution in [-0.4, -0.2) is 38.4 Å². The summed E-state index contributed by atoms with van der Waals surface area (Å²) in [7, 11) is 0. The van der Waals surface area contributed by atoms with E-state index in [9.17, 15) is 9.59 Å². The van der Waals surface area contributed by atoms with Gasteiger partial charge in [0.2, 0.25) is 0 Å². The van der Waals surface area contributed by atoms with Gasteiger partial charge in [-0.1, -0.05) is 23.9 Å². The molecule has 3 heterocycles. The number of carbonyl (C=O) groups excluding carboxylic acids is 1. The van der Waals surface area contributed by atoms with Crippen LogP contribution in [0.2, 0.25) is 0 Å². The number of ether oxygens (including phenoxy) is 1. The van der Waals surface area contributed by atoms with E-state index in [1.807, 2.05) is 38.1 Å². The molecule has 0 radical (unpaired) electrons. The van der Waals surface area contributed by atoms with Gasteiger partial charge < -0.3 is 9.30 Å². The summed E-state index contributed by atoms with van der Waals surface area (Å²) in [5, 5.41) is 1.17. The first-order valence-electron chi connectivity index (χ1n) is 10.4. The number of carbonyl (C=O) groups is 1. The second-order valence-electron chi connectivity index (χ2n) is 7.70. The summed E-state index contributed by atoms with van der Waals surface area (Å²) in [5.41, 5.74) is 3.40. The van der Waals surface area contributed by atoms with Crippen molar-refractivity contribution in [1.82, 2.24) is 14.1 Å². The van der Waals surface area contributed by atoms with Crippen molar-refractivity contribution in [3.63, 3.8) is 0 Å². The van der Waals surface area contributed by atoms with Crippen molar-refractivity contribution in [2.45, 2.75) is 58.0 Å². The molecule has 3 aromatic rings. The predicted molar refractivity (Wildman–Crippen MR) is 120 cm³/mol. The normalized spacial score (nSPS) is 16.4. The van der Waals surface area contributed by atoms with Crippen LogP contribution in [0.5, 0.6) is 0 Å². The third-order valence-corrected chi connectivity index (χ3v) is 6.74. The highest BCUT2D eigenvalue weighted by molar-refractivity contribution is 7.99. The molecule has 0 N–H and O–H groups in total. The Labute approximate surface area is 180 Å². The fourth-order valence-corrected chi connectivity index (χ4v) is 5.08. The molecule has 30 heavy (non-hydrogen) atoms. The maximum Gasteiger partial charge on any atom is 0.262 e. The molecule has 6 nitrogen and oxygen atoms in total. The Hall–Kier alpha value is -2.38. The molecular weight excluding hydrogens is 398 g/mol. The van der Waals surface area contributed by atoms with Crippen molar-refractivity contribution in [2.24, 2.45) is 0 Å². The van der Waals surface area contributed by atoms with Crippen LogP contribution in [0.1, 0.15) is 41.5 Å². The summed E-state index contributed by atoms with van der Waals surface area (Å²) in [5.74, 6) is 0.295. The van der Waals surface area contributed by atoms with Crippen molar-refractivity contribution in [3.8, 4) is 0 Å². The highest BCUT2D eigenvalue weighted by Crippen LogP contribution is 2.23. The number of rotatable bonds is 7. The molecule has 0 saturated carbocycles. The zero-order valence-corrected chi connectivity index (χ0v) is 18.5. The molecule has 0 bridgehead atoms. The van der Waals surface area contributed by atoms with E-state index in [0.29, 0.717) is 22.6 Å². The van der Waals surface area contributed by atoms with Crippen LogP contribution in [-0.2, 0) is 17.8 Å². The molecule has 0 aliphatic carbocycles. The number of hydrogen-bond acceptors (Lipinski definition) is 5. The van der Waals surface area contributed by atoms with Gasteiger partial charge in [-0.2, -0.15) is 0 Å². The smallest absolute Gasteiger partial charge is 0.262 e. The summed E-state index contributed by atoms with van der Waals surface area (Å²) >= 11 is 1.33. The third kappa shape index (κ3) is 3.96. The van der Waals surface area contributed by atoms with Crippen molar-refractivity contribution in [1.29, 1.82) is 0 Å². The summed E-state index contributed by atoms with van der Waals surface area (Å²) in [6.07, 6.45) is 1.96. The number of ketones is 1. The van der Waals surface area contributed by atoms with Crippen molar-refractivity contribution >= 4 is 28.4 Å². The predicted octanol–water partition coefficient (Wildman–Crippen LogP) is 3.99. The molecule has 1 unspecified atom stereocenters. The van der Waals surface area contributed by atoms with Gasteiger partial charge >= 0.3 is 0 Å². The topological polar surface area (TPSA) is 66.1 Å². The Morgan fingerprint density at radius 2 is 2.07 bits per heavy atom. The molecule has 1 atom stereocenters. The molecule has 4 rings (SSSR count). The number of aromatic nitrogens is 3. The molecule has 1 aliphatic rings. The number of aryl methyl sites for hydroxylation is 1. The minimum absolute atomic E-state index is 0.0178. The lowest BCUT2D eigenvalue weighted by Crippen LogP contribution is -2.29. The molecule has 158 valence electrons. The minimum atomic E-state index is -0.0739. The van der Waals surface area contributed by atoms with E-state index in [-0.39, 0.29) is 23.2 Å². The van der Waals surface area contributed by atoms with Gasteiger partial charge in [0.25, 0.3) is 5.56 Å². The highest BCUT2D eigenvalue weighted by Gasteiger charge is 2.21. The zero-order valence-electron chi connectivity index (χ0n) is 17.7. The molecule has 1 aromatic carbocycles. The Morgan fingerprint density at radius 3 is 2.77 bits per heavy atom. The van der Waals surface area contributed by atoms with E-state index in [1.165, 1.54) is 11.8 Å². The first kappa shape index (κ1) is 20.9. The summed E-state index contributed by atoms with van der Waals surface area (Å²) in [6, 6.07) is 9.32. The fraction of sp³-hybridized carbons (Fsp3) is 0.435. The van der Waals surface area contributed by atoms with Gasteiger partial charge in [0.1, 0.15) is 0 Å². The molecule has 7 heteroatoms. The van der Waals surface area contributed by atoms with Crippen LogP contribution in [0.15, 0.2) is 40.3 Å². The van der Waals surface area contributed by atoms with Crippen molar-refractivity contribution in [3.05, 3.63) is 57.6 Å². The van der Waals surface area contributed by atoms with Crippen LogP contribution in [0.4, 0.5) is 0 Å². The maximum absolute atomic E-state index is 13.2. The number of nitrogens with zero attached hydrogens (tertiary/aromatic N) is 3. The van der Waals surface area contributed by atoms with Gasteiger partial charge in [0, 0.05) is 30.1 Å². The molecule has 1 saturated heterocycles. The molecule has 0 amide bonds. The third-order valence-electron chi connectivity index (χ3n) is 5.76. The van der Waals surface area contributed by atoms with Crippen LogP contribution >= 0.6 is 11.8 Å². The summed E-state index contributed by atoms with van der Waals surface area (Å²) < 4.78 is 9.58. The molecule has 0 spiro atoms. The number of thioether (sulfide) groups is 1. The molecule has 2 aromatic heterocycles. The zero-order chi connectivity index (χ0) is 21.3. The maximum atomic E-state index is 13.2. The Kier molecular flexibility index (Phi) is 6.11.